The van der Waals surface area contributed by atoms with E-state index in [-0.39, 0.29) is 12.3 Å². The van der Waals surface area contributed by atoms with Crippen molar-refractivity contribution < 1.29 is 19.1 Å². The molecule has 1 atom stereocenters. The third-order valence-electron chi connectivity index (χ3n) is 2.57. The van der Waals surface area contributed by atoms with Crippen molar-refractivity contribution in [3.63, 3.8) is 0 Å². The smallest absolute Gasteiger partial charge is 0.279 e. The van der Waals surface area contributed by atoms with E-state index in [1.165, 1.54) is 13.0 Å². The molecule has 0 aliphatic heterocycles. The number of nitrogens with one attached hydrogen (secondary N) is 2. The van der Waals surface area contributed by atoms with E-state index in [0.29, 0.717) is 29.0 Å². The summed E-state index contributed by atoms with van der Waals surface area (Å²) in [6.45, 7) is 4.20. The van der Waals surface area contributed by atoms with Gasteiger partial charge in [-0.3, -0.25) is 20.4 Å². The summed E-state index contributed by atoms with van der Waals surface area (Å²) in [5.41, 5.74) is 4.55. The molecule has 6 nitrogen and oxygen atoms in total. The van der Waals surface area contributed by atoms with Gasteiger partial charge < -0.3 is 9.47 Å². The van der Waals surface area contributed by atoms with E-state index >= 15 is 0 Å². The Kier molecular flexibility index (Phi) is 8.01. The molecule has 1 unspecified atom stereocenters. The average Bonchev–Trinajstić information content (AvgIpc) is 2.47. The molecular formula is C14H18Cl2N2O4. The van der Waals surface area contributed by atoms with Gasteiger partial charge in [-0.2, -0.15) is 0 Å². The van der Waals surface area contributed by atoms with Gasteiger partial charge in [-0.05, 0) is 32.0 Å². The van der Waals surface area contributed by atoms with Crippen molar-refractivity contribution in [2.45, 2.75) is 26.4 Å². The first-order chi connectivity index (χ1) is 10.4. The number of ether oxygens (including phenoxy) is 2. The molecule has 1 rings (SSSR count). The number of halogens is 2. The van der Waals surface area contributed by atoms with Crippen molar-refractivity contribution in [2.75, 3.05) is 13.2 Å². The lowest BCUT2D eigenvalue weighted by Gasteiger charge is -2.16. The van der Waals surface area contributed by atoms with Crippen molar-refractivity contribution in [1.82, 2.24) is 10.9 Å². The maximum absolute atomic E-state index is 11.8. The van der Waals surface area contributed by atoms with Crippen LogP contribution in [0.15, 0.2) is 18.2 Å². The van der Waals surface area contributed by atoms with E-state index in [0.717, 1.165) is 0 Å². The minimum absolute atomic E-state index is 0.159. The molecule has 0 heterocycles. The zero-order valence-electron chi connectivity index (χ0n) is 12.3. The first-order valence-corrected chi connectivity index (χ1v) is 7.47. The quantitative estimate of drug-likeness (QED) is 0.585. The van der Waals surface area contributed by atoms with Crippen molar-refractivity contribution in [1.29, 1.82) is 0 Å². The summed E-state index contributed by atoms with van der Waals surface area (Å²) in [6, 6.07) is 4.68. The number of hydrogen-bond donors (Lipinski definition) is 2. The van der Waals surface area contributed by atoms with Gasteiger partial charge in [0.1, 0.15) is 5.75 Å². The summed E-state index contributed by atoms with van der Waals surface area (Å²) in [4.78, 5) is 23.2. The van der Waals surface area contributed by atoms with E-state index in [9.17, 15) is 9.59 Å². The molecule has 2 N–H and O–H groups in total. The lowest BCUT2D eigenvalue weighted by Crippen LogP contribution is -2.47. The molecule has 22 heavy (non-hydrogen) atoms. The summed E-state index contributed by atoms with van der Waals surface area (Å²) in [7, 11) is 0. The number of carbonyl (C=O) groups is 2. The predicted octanol–water partition coefficient (Wildman–Crippen LogP) is 2.33. The Hall–Kier alpha value is -1.50. The molecule has 0 spiro atoms. The third-order valence-corrected chi connectivity index (χ3v) is 3.10. The fourth-order valence-corrected chi connectivity index (χ4v) is 1.87. The molecule has 0 aromatic heterocycles. The van der Waals surface area contributed by atoms with Crippen LogP contribution in [0, 0.1) is 0 Å². The second kappa shape index (κ2) is 9.50. The van der Waals surface area contributed by atoms with E-state index < -0.39 is 12.0 Å². The van der Waals surface area contributed by atoms with Gasteiger partial charge in [0.2, 0.25) is 5.91 Å². The number of hydrogen-bond acceptors (Lipinski definition) is 4. The molecular weight excluding hydrogens is 331 g/mol. The number of carbonyl (C=O) groups excluding carboxylic acids is 2. The van der Waals surface area contributed by atoms with Crippen LogP contribution in [0.3, 0.4) is 0 Å². The second-order valence-electron chi connectivity index (χ2n) is 4.32. The third kappa shape index (κ3) is 6.51. The first-order valence-electron chi connectivity index (χ1n) is 6.72. The summed E-state index contributed by atoms with van der Waals surface area (Å²) in [5, 5.41) is 0.768. The van der Waals surface area contributed by atoms with Crippen LogP contribution in [-0.4, -0.2) is 31.1 Å². The Morgan fingerprint density at radius 1 is 1.27 bits per heavy atom. The minimum Gasteiger partial charge on any atom is -0.479 e. The minimum atomic E-state index is -0.842. The summed E-state index contributed by atoms with van der Waals surface area (Å²) in [6.07, 6.45) is -0.683. The monoisotopic (exact) mass is 348 g/mol. The van der Waals surface area contributed by atoms with E-state index in [1.807, 2.05) is 6.92 Å². The highest BCUT2D eigenvalue weighted by Gasteiger charge is 2.16. The van der Waals surface area contributed by atoms with Crippen molar-refractivity contribution in [2.24, 2.45) is 0 Å². The Morgan fingerprint density at radius 3 is 2.64 bits per heavy atom. The van der Waals surface area contributed by atoms with Gasteiger partial charge in [0.15, 0.2) is 6.10 Å². The molecule has 0 saturated heterocycles. The summed E-state index contributed by atoms with van der Waals surface area (Å²) < 4.78 is 10.5. The SMILES string of the molecule is CCOCCC(=O)NNC(=O)C(C)Oc1ccc(Cl)cc1Cl. The maximum Gasteiger partial charge on any atom is 0.279 e. The fourth-order valence-electron chi connectivity index (χ4n) is 1.42. The highest BCUT2D eigenvalue weighted by atomic mass is 35.5. The molecule has 0 fully saturated rings. The molecule has 0 aliphatic rings. The largest absolute Gasteiger partial charge is 0.479 e. The Morgan fingerprint density at radius 2 is 2.00 bits per heavy atom. The zero-order valence-corrected chi connectivity index (χ0v) is 13.8. The Bertz CT molecular complexity index is 526. The first kappa shape index (κ1) is 18.5. The molecule has 2 amide bonds. The van der Waals surface area contributed by atoms with Gasteiger partial charge in [0.25, 0.3) is 5.91 Å². The molecule has 0 bridgehead atoms. The molecule has 1 aromatic rings. The van der Waals surface area contributed by atoms with Crippen LogP contribution in [0.2, 0.25) is 10.0 Å². The van der Waals surface area contributed by atoms with Crippen LogP contribution in [0.5, 0.6) is 5.75 Å². The van der Waals surface area contributed by atoms with E-state index in [2.05, 4.69) is 10.9 Å². The van der Waals surface area contributed by atoms with Gasteiger partial charge >= 0.3 is 0 Å². The molecule has 0 aliphatic carbocycles. The zero-order chi connectivity index (χ0) is 16.5. The normalized spacial score (nSPS) is 11.6. The standard InChI is InChI=1S/C14H18Cl2N2O4/c1-3-21-7-6-13(19)17-18-14(20)9(2)22-12-5-4-10(15)8-11(12)16/h4-5,8-9H,3,6-7H2,1-2H3,(H,17,19)(H,18,20). The Labute approximate surface area is 139 Å². The van der Waals surface area contributed by atoms with Crippen molar-refractivity contribution in [3.8, 4) is 5.75 Å². The van der Waals surface area contributed by atoms with Crippen LogP contribution >= 0.6 is 23.2 Å². The van der Waals surface area contributed by atoms with E-state index in [1.54, 1.807) is 12.1 Å². The topological polar surface area (TPSA) is 76.7 Å². The van der Waals surface area contributed by atoms with Gasteiger partial charge in [-0.15, -0.1) is 0 Å². The maximum atomic E-state index is 11.8. The highest BCUT2D eigenvalue weighted by molar-refractivity contribution is 6.35. The average molecular weight is 349 g/mol. The van der Waals surface area contributed by atoms with E-state index in [4.69, 9.17) is 32.7 Å². The van der Waals surface area contributed by atoms with Gasteiger partial charge in [-0.1, -0.05) is 23.2 Å². The molecule has 1 aromatic carbocycles. The molecule has 122 valence electrons. The summed E-state index contributed by atoms with van der Waals surface area (Å²) >= 11 is 11.7. The summed E-state index contributed by atoms with van der Waals surface area (Å²) in [5.74, 6) is -0.523. The molecule has 8 heteroatoms. The van der Waals surface area contributed by atoms with Crippen LogP contribution in [0.1, 0.15) is 20.3 Å². The molecule has 0 saturated carbocycles. The lowest BCUT2D eigenvalue weighted by atomic mass is 10.3. The molecule has 0 radical (unpaired) electrons. The van der Waals surface area contributed by atoms with Gasteiger partial charge in [0.05, 0.1) is 18.1 Å². The van der Waals surface area contributed by atoms with Crippen molar-refractivity contribution >= 4 is 35.0 Å². The van der Waals surface area contributed by atoms with Crippen molar-refractivity contribution in [3.05, 3.63) is 28.2 Å². The lowest BCUT2D eigenvalue weighted by molar-refractivity contribution is -0.133. The Balaban J connectivity index is 2.40. The van der Waals surface area contributed by atoms with Crippen LogP contribution < -0.4 is 15.6 Å². The van der Waals surface area contributed by atoms with Gasteiger partial charge in [-0.25, -0.2) is 0 Å². The number of rotatable bonds is 7. The van der Waals surface area contributed by atoms with Gasteiger partial charge in [0, 0.05) is 11.6 Å². The number of benzene rings is 1. The van der Waals surface area contributed by atoms with Crippen LogP contribution in [0.4, 0.5) is 0 Å². The highest BCUT2D eigenvalue weighted by Crippen LogP contribution is 2.28. The van der Waals surface area contributed by atoms with Crippen LogP contribution in [0.25, 0.3) is 0 Å². The number of amides is 2. The number of hydrazine groups is 1. The van der Waals surface area contributed by atoms with Crippen LogP contribution in [-0.2, 0) is 14.3 Å². The predicted molar refractivity (Wildman–Crippen MR) is 83.9 cm³/mol. The fraction of sp³-hybridized carbons (Fsp3) is 0.429. The second-order valence-corrected chi connectivity index (χ2v) is 5.16.